The average molecular weight is 192 g/mol. The van der Waals surface area contributed by atoms with Crippen molar-refractivity contribution in [3.8, 4) is 0 Å². The molecule has 1 aromatic rings. The molecule has 0 saturated carbocycles. The van der Waals surface area contributed by atoms with E-state index in [-0.39, 0.29) is 12.0 Å². The van der Waals surface area contributed by atoms with Gasteiger partial charge in [-0.25, -0.2) is 0 Å². The number of hydrogen-bond donors (Lipinski definition) is 1. The molecule has 0 bridgehead atoms. The fourth-order valence-electron chi connectivity index (χ4n) is 1.50. The maximum absolute atomic E-state index is 9.42. The summed E-state index contributed by atoms with van der Waals surface area (Å²) in [5, 5.41) is 9.42. The smallest absolute Gasteiger partial charge is 0.0490 e. The van der Waals surface area contributed by atoms with Gasteiger partial charge in [-0.2, -0.15) is 0 Å². The molecule has 0 spiro atoms. The molecule has 0 radical (unpaired) electrons. The van der Waals surface area contributed by atoms with E-state index in [0.717, 1.165) is 6.42 Å². The molecule has 0 fully saturated rings. The Kier molecular flexibility index (Phi) is 3.70. The largest absolute Gasteiger partial charge is 0.396 e. The van der Waals surface area contributed by atoms with Crippen LogP contribution in [0.3, 0.4) is 0 Å². The minimum absolute atomic E-state index is 0.00134. The fourth-order valence-corrected chi connectivity index (χ4v) is 1.50. The van der Waals surface area contributed by atoms with Crippen LogP contribution in [0.25, 0.3) is 0 Å². The van der Waals surface area contributed by atoms with Crippen molar-refractivity contribution >= 4 is 0 Å². The van der Waals surface area contributed by atoms with Crippen LogP contribution in [0.5, 0.6) is 0 Å². The van der Waals surface area contributed by atoms with Gasteiger partial charge in [-0.15, -0.1) is 0 Å². The topological polar surface area (TPSA) is 20.2 Å². The van der Waals surface area contributed by atoms with E-state index < -0.39 is 0 Å². The second-order valence-corrected chi connectivity index (χ2v) is 4.63. The Morgan fingerprint density at radius 3 is 2.21 bits per heavy atom. The van der Waals surface area contributed by atoms with Crippen LogP contribution >= 0.6 is 0 Å². The van der Waals surface area contributed by atoms with Crippen molar-refractivity contribution in [2.75, 3.05) is 6.61 Å². The molecule has 1 heteroatoms. The molecule has 1 unspecified atom stereocenters. The van der Waals surface area contributed by atoms with Gasteiger partial charge in [0.15, 0.2) is 0 Å². The molecule has 1 atom stereocenters. The maximum Gasteiger partial charge on any atom is 0.0490 e. The lowest BCUT2D eigenvalue weighted by atomic mass is 9.75. The normalized spacial score (nSPS) is 15.5. The molecule has 1 rings (SSSR count). The summed E-state index contributed by atoms with van der Waals surface area (Å²) < 4.78 is 0. The van der Waals surface area contributed by atoms with E-state index in [1.54, 1.807) is 0 Å². The molecule has 0 aliphatic rings. The predicted molar refractivity (Wildman–Crippen MR) is 60.2 cm³/mol. The van der Waals surface area contributed by atoms with Crippen molar-refractivity contribution in [1.29, 1.82) is 0 Å². The highest BCUT2D eigenvalue weighted by molar-refractivity contribution is 5.16. The third kappa shape index (κ3) is 2.58. The minimum Gasteiger partial charge on any atom is -0.396 e. The van der Waals surface area contributed by atoms with Gasteiger partial charge in [0, 0.05) is 6.61 Å². The zero-order valence-corrected chi connectivity index (χ0v) is 9.33. The summed E-state index contributed by atoms with van der Waals surface area (Å²) in [6.07, 6.45) is 0.946. The summed E-state index contributed by atoms with van der Waals surface area (Å²) in [7, 11) is 0. The summed E-state index contributed by atoms with van der Waals surface area (Å²) in [5.74, 6) is 0.493. The monoisotopic (exact) mass is 192 g/mol. The number of aliphatic hydroxyl groups excluding tert-OH is 1. The SMILES string of the molecule is CC(C)C(C)(CO)Cc1ccccc1. The third-order valence-electron chi connectivity index (χ3n) is 3.21. The molecule has 0 aliphatic heterocycles. The summed E-state index contributed by atoms with van der Waals surface area (Å²) in [5.41, 5.74) is 1.30. The van der Waals surface area contributed by atoms with Gasteiger partial charge in [-0.05, 0) is 23.3 Å². The Morgan fingerprint density at radius 1 is 1.21 bits per heavy atom. The second-order valence-electron chi connectivity index (χ2n) is 4.63. The molecule has 0 aromatic heterocycles. The first kappa shape index (κ1) is 11.3. The minimum atomic E-state index is 0.00134. The van der Waals surface area contributed by atoms with Gasteiger partial charge in [-0.1, -0.05) is 51.1 Å². The van der Waals surface area contributed by atoms with E-state index >= 15 is 0 Å². The van der Waals surface area contributed by atoms with Gasteiger partial charge in [0.25, 0.3) is 0 Å². The molecule has 14 heavy (non-hydrogen) atoms. The van der Waals surface area contributed by atoms with Gasteiger partial charge >= 0.3 is 0 Å². The van der Waals surface area contributed by atoms with E-state index in [2.05, 4.69) is 32.9 Å². The summed E-state index contributed by atoms with van der Waals surface area (Å²) in [6.45, 7) is 6.72. The highest BCUT2D eigenvalue weighted by Gasteiger charge is 2.27. The molecule has 1 N–H and O–H groups in total. The van der Waals surface area contributed by atoms with E-state index in [1.807, 2.05) is 18.2 Å². The first-order valence-electron chi connectivity index (χ1n) is 5.23. The molecule has 0 saturated heterocycles. The van der Waals surface area contributed by atoms with E-state index in [1.165, 1.54) is 5.56 Å². The number of hydrogen-bond acceptors (Lipinski definition) is 1. The first-order valence-corrected chi connectivity index (χ1v) is 5.23. The fraction of sp³-hybridized carbons (Fsp3) is 0.538. The summed E-state index contributed by atoms with van der Waals surface area (Å²) in [4.78, 5) is 0. The van der Waals surface area contributed by atoms with E-state index in [9.17, 15) is 5.11 Å². The number of rotatable bonds is 4. The van der Waals surface area contributed by atoms with Crippen molar-refractivity contribution in [3.05, 3.63) is 35.9 Å². The van der Waals surface area contributed by atoms with Crippen molar-refractivity contribution in [2.24, 2.45) is 11.3 Å². The zero-order chi connectivity index (χ0) is 10.6. The lowest BCUT2D eigenvalue weighted by Crippen LogP contribution is -2.30. The van der Waals surface area contributed by atoms with Crippen molar-refractivity contribution < 1.29 is 5.11 Å². The van der Waals surface area contributed by atoms with Crippen LogP contribution in [0, 0.1) is 11.3 Å². The van der Waals surface area contributed by atoms with Gasteiger partial charge in [0.05, 0.1) is 0 Å². The molecule has 0 heterocycles. The van der Waals surface area contributed by atoms with Crippen LogP contribution in [-0.4, -0.2) is 11.7 Å². The van der Waals surface area contributed by atoms with Crippen molar-refractivity contribution in [2.45, 2.75) is 27.2 Å². The highest BCUT2D eigenvalue weighted by Crippen LogP contribution is 2.30. The maximum atomic E-state index is 9.42. The molecule has 1 nitrogen and oxygen atoms in total. The Bertz CT molecular complexity index is 266. The lowest BCUT2D eigenvalue weighted by Gasteiger charge is -2.31. The third-order valence-corrected chi connectivity index (χ3v) is 3.21. The average Bonchev–Trinajstić information content (AvgIpc) is 2.19. The lowest BCUT2D eigenvalue weighted by molar-refractivity contribution is 0.0947. The highest BCUT2D eigenvalue weighted by atomic mass is 16.3. The second kappa shape index (κ2) is 4.61. The standard InChI is InChI=1S/C13H20O/c1-11(2)13(3,10-14)9-12-7-5-4-6-8-12/h4-8,11,14H,9-10H2,1-3H3. The molecule has 78 valence electrons. The van der Waals surface area contributed by atoms with Crippen LogP contribution in [0.4, 0.5) is 0 Å². The molecule has 0 amide bonds. The Labute approximate surface area is 86.8 Å². The molecular formula is C13H20O. The van der Waals surface area contributed by atoms with Gasteiger partial charge in [0.2, 0.25) is 0 Å². The number of benzene rings is 1. The van der Waals surface area contributed by atoms with E-state index in [0.29, 0.717) is 5.92 Å². The Morgan fingerprint density at radius 2 is 1.79 bits per heavy atom. The molecular weight excluding hydrogens is 172 g/mol. The van der Waals surface area contributed by atoms with Gasteiger partial charge in [-0.3, -0.25) is 0 Å². The molecule has 1 aromatic carbocycles. The van der Waals surface area contributed by atoms with Crippen LogP contribution in [0.1, 0.15) is 26.3 Å². The van der Waals surface area contributed by atoms with Crippen molar-refractivity contribution in [1.82, 2.24) is 0 Å². The number of aliphatic hydroxyl groups is 1. The quantitative estimate of drug-likeness (QED) is 0.777. The van der Waals surface area contributed by atoms with E-state index in [4.69, 9.17) is 0 Å². The van der Waals surface area contributed by atoms with Crippen LogP contribution in [-0.2, 0) is 6.42 Å². The Balaban J connectivity index is 2.76. The van der Waals surface area contributed by atoms with Gasteiger partial charge in [0.1, 0.15) is 0 Å². The first-order chi connectivity index (χ1) is 6.58. The predicted octanol–water partition coefficient (Wildman–Crippen LogP) is 2.88. The van der Waals surface area contributed by atoms with Gasteiger partial charge < -0.3 is 5.11 Å². The van der Waals surface area contributed by atoms with Crippen molar-refractivity contribution in [3.63, 3.8) is 0 Å². The summed E-state index contributed by atoms with van der Waals surface area (Å²) >= 11 is 0. The Hall–Kier alpha value is -0.820. The zero-order valence-electron chi connectivity index (χ0n) is 9.33. The van der Waals surface area contributed by atoms with Crippen LogP contribution in [0.15, 0.2) is 30.3 Å². The molecule has 0 aliphatic carbocycles. The van der Waals surface area contributed by atoms with Crippen LogP contribution < -0.4 is 0 Å². The summed E-state index contributed by atoms with van der Waals surface area (Å²) in [6, 6.07) is 10.4. The van der Waals surface area contributed by atoms with Crippen LogP contribution in [0.2, 0.25) is 0 Å².